The molecule has 0 spiro atoms. The average molecular weight is 406 g/mol. The van der Waals surface area contributed by atoms with Crippen molar-refractivity contribution in [2.24, 2.45) is 0 Å². The van der Waals surface area contributed by atoms with Crippen LogP contribution in [0.15, 0.2) is 54.7 Å². The first-order valence-corrected chi connectivity index (χ1v) is 12.3. The molecule has 0 atom stereocenters. The fourth-order valence-electron chi connectivity index (χ4n) is 3.70. The molecule has 0 aliphatic heterocycles. The van der Waals surface area contributed by atoms with Crippen molar-refractivity contribution in [1.82, 2.24) is 4.98 Å². The summed E-state index contributed by atoms with van der Waals surface area (Å²) in [5.41, 5.74) is 5.39. The van der Waals surface area contributed by atoms with Crippen LogP contribution in [0.3, 0.4) is 0 Å². The van der Waals surface area contributed by atoms with E-state index >= 15 is 0 Å². The fraction of sp³-hybridized carbons (Fsp3) is 0.444. The molecule has 2 aromatic carbocycles. The number of benzene rings is 2. The zero-order valence-corrected chi connectivity index (χ0v) is 18.9. The number of hydrogen-bond acceptors (Lipinski definition) is 2. The molecule has 0 aliphatic carbocycles. The van der Waals surface area contributed by atoms with Crippen molar-refractivity contribution in [2.45, 2.75) is 78.1 Å². The lowest BCUT2D eigenvalue weighted by Crippen LogP contribution is -1.86. The SMILES string of the molecule is CCCCCCc1ccc(-c2cnc(-c3ccc(CCCCCC)cc3)s2)cc1. The minimum atomic E-state index is 1.11. The molecular formula is C27H35NS. The molecule has 154 valence electrons. The van der Waals surface area contributed by atoms with E-state index in [0.29, 0.717) is 0 Å². The van der Waals surface area contributed by atoms with Gasteiger partial charge in [0.25, 0.3) is 0 Å². The second-order valence-electron chi connectivity index (χ2n) is 8.04. The third-order valence-corrected chi connectivity index (χ3v) is 6.68. The Morgan fingerprint density at radius 1 is 0.621 bits per heavy atom. The van der Waals surface area contributed by atoms with Gasteiger partial charge in [-0.3, -0.25) is 0 Å². The molecule has 0 bridgehead atoms. The van der Waals surface area contributed by atoms with Gasteiger partial charge in [-0.15, -0.1) is 11.3 Å². The fourth-order valence-corrected chi connectivity index (χ4v) is 4.63. The van der Waals surface area contributed by atoms with Crippen molar-refractivity contribution in [1.29, 1.82) is 0 Å². The number of aromatic nitrogens is 1. The van der Waals surface area contributed by atoms with Crippen molar-refractivity contribution in [2.75, 3.05) is 0 Å². The Morgan fingerprint density at radius 3 is 1.66 bits per heavy atom. The molecule has 0 aliphatic rings. The highest BCUT2D eigenvalue weighted by atomic mass is 32.1. The van der Waals surface area contributed by atoms with Gasteiger partial charge in [-0.05, 0) is 42.4 Å². The summed E-state index contributed by atoms with van der Waals surface area (Å²) in [7, 11) is 0. The monoisotopic (exact) mass is 405 g/mol. The summed E-state index contributed by atoms with van der Waals surface area (Å²) < 4.78 is 0. The second kappa shape index (κ2) is 11.9. The van der Waals surface area contributed by atoms with E-state index in [1.807, 2.05) is 6.20 Å². The number of unbranched alkanes of at least 4 members (excludes halogenated alkanes) is 6. The van der Waals surface area contributed by atoms with Crippen LogP contribution in [0.2, 0.25) is 0 Å². The lowest BCUT2D eigenvalue weighted by Gasteiger charge is -2.03. The van der Waals surface area contributed by atoms with Crippen LogP contribution in [-0.2, 0) is 12.8 Å². The average Bonchev–Trinajstić information content (AvgIpc) is 3.25. The molecule has 3 aromatic rings. The third kappa shape index (κ3) is 6.82. The number of aryl methyl sites for hydroxylation is 2. The van der Waals surface area contributed by atoms with Crippen LogP contribution in [-0.4, -0.2) is 4.98 Å². The van der Waals surface area contributed by atoms with Crippen molar-refractivity contribution < 1.29 is 0 Å². The van der Waals surface area contributed by atoms with E-state index in [0.717, 1.165) is 5.01 Å². The Hall–Kier alpha value is -1.93. The van der Waals surface area contributed by atoms with Crippen LogP contribution in [0.4, 0.5) is 0 Å². The Labute approximate surface area is 181 Å². The zero-order chi connectivity index (χ0) is 20.3. The molecule has 0 unspecified atom stereocenters. The smallest absolute Gasteiger partial charge is 0.123 e. The lowest BCUT2D eigenvalue weighted by molar-refractivity contribution is 0.667. The lowest BCUT2D eigenvalue weighted by atomic mass is 10.0. The topological polar surface area (TPSA) is 12.9 Å². The summed E-state index contributed by atoms with van der Waals surface area (Å²) in [6, 6.07) is 18.1. The van der Waals surface area contributed by atoms with Crippen molar-refractivity contribution in [3.63, 3.8) is 0 Å². The van der Waals surface area contributed by atoms with E-state index in [-0.39, 0.29) is 0 Å². The van der Waals surface area contributed by atoms with Crippen LogP contribution in [0.5, 0.6) is 0 Å². The predicted octanol–water partition coefficient (Wildman–Crippen LogP) is 8.72. The third-order valence-electron chi connectivity index (χ3n) is 5.58. The minimum absolute atomic E-state index is 1.11. The molecule has 29 heavy (non-hydrogen) atoms. The maximum atomic E-state index is 4.69. The number of thiazole rings is 1. The molecule has 1 aromatic heterocycles. The first kappa shape index (κ1) is 21.8. The maximum Gasteiger partial charge on any atom is 0.123 e. The van der Waals surface area contributed by atoms with Crippen molar-refractivity contribution >= 4 is 11.3 Å². The largest absolute Gasteiger partial charge is 0.244 e. The number of rotatable bonds is 12. The summed E-state index contributed by atoms with van der Waals surface area (Å²) in [6.45, 7) is 4.53. The standard InChI is InChI=1S/C27H35NS/c1-3-5-7-9-11-22-13-17-24(18-14-22)26-21-28-27(29-26)25-19-15-23(16-20-25)12-10-8-6-4-2/h13-21H,3-12H2,1-2H3. The van der Waals surface area contributed by atoms with Crippen LogP contribution < -0.4 is 0 Å². The second-order valence-corrected chi connectivity index (χ2v) is 9.08. The quantitative estimate of drug-likeness (QED) is 0.274. The van der Waals surface area contributed by atoms with E-state index in [4.69, 9.17) is 0 Å². The summed E-state index contributed by atoms with van der Waals surface area (Å²) in [4.78, 5) is 5.94. The van der Waals surface area contributed by atoms with Gasteiger partial charge in [0, 0.05) is 11.8 Å². The maximum absolute atomic E-state index is 4.69. The van der Waals surface area contributed by atoms with Gasteiger partial charge in [0.1, 0.15) is 5.01 Å². The molecule has 0 N–H and O–H groups in total. The van der Waals surface area contributed by atoms with Crippen molar-refractivity contribution in [3.05, 3.63) is 65.9 Å². The number of hydrogen-bond donors (Lipinski definition) is 0. The molecule has 0 amide bonds. The van der Waals surface area contributed by atoms with E-state index in [1.165, 1.54) is 91.3 Å². The Morgan fingerprint density at radius 2 is 1.14 bits per heavy atom. The zero-order valence-electron chi connectivity index (χ0n) is 18.1. The molecule has 0 saturated heterocycles. The highest BCUT2D eigenvalue weighted by molar-refractivity contribution is 7.18. The van der Waals surface area contributed by atoms with Gasteiger partial charge in [0.05, 0.1) is 4.88 Å². The summed E-state index contributed by atoms with van der Waals surface area (Å²) in [6.07, 6.45) is 15.0. The molecule has 1 heterocycles. The van der Waals surface area contributed by atoms with Gasteiger partial charge in [-0.1, -0.05) is 101 Å². The Bertz CT molecular complexity index is 760. The van der Waals surface area contributed by atoms with E-state index in [1.54, 1.807) is 11.3 Å². The molecule has 0 fully saturated rings. The first-order chi connectivity index (χ1) is 14.3. The van der Waals surface area contributed by atoms with Gasteiger partial charge in [0.2, 0.25) is 0 Å². The first-order valence-electron chi connectivity index (χ1n) is 11.4. The predicted molar refractivity (Wildman–Crippen MR) is 129 cm³/mol. The summed E-state index contributed by atoms with van der Waals surface area (Å²) in [5.74, 6) is 0. The number of nitrogens with zero attached hydrogens (tertiary/aromatic N) is 1. The van der Waals surface area contributed by atoms with Gasteiger partial charge in [-0.2, -0.15) is 0 Å². The van der Waals surface area contributed by atoms with E-state index < -0.39 is 0 Å². The highest BCUT2D eigenvalue weighted by Crippen LogP contribution is 2.32. The van der Waals surface area contributed by atoms with Crippen LogP contribution in [0.25, 0.3) is 21.0 Å². The van der Waals surface area contributed by atoms with E-state index in [9.17, 15) is 0 Å². The molecule has 0 radical (unpaired) electrons. The molecule has 1 nitrogen and oxygen atoms in total. The minimum Gasteiger partial charge on any atom is -0.244 e. The van der Waals surface area contributed by atoms with Crippen LogP contribution in [0, 0.1) is 0 Å². The van der Waals surface area contributed by atoms with Crippen molar-refractivity contribution in [3.8, 4) is 21.0 Å². The molecule has 3 rings (SSSR count). The van der Waals surface area contributed by atoms with Gasteiger partial charge in [0.15, 0.2) is 0 Å². The van der Waals surface area contributed by atoms with E-state index in [2.05, 4.69) is 67.4 Å². The van der Waals surface area contributed by atoms with Crippen LogP contribution in [0.1, 0.15) is 76.3 Å². The van der Waals surface area contributed by atoms with Gasteiger partial charge in [-0.25, -0.2) is 4.98 Å². The summed E-state index contributed by atoms with van der Waals surface area (Å²) in [5, 5.41) is 1.11. The van der Waals surface area contributed by atoms with Gasteiger partial charge >= 0.3 is 0 Å². The summed E-state index contributed by atoms with van der Waals surface area (Å²) >= 11 is 1.79. The molecular weight excluding hydrogens is 370 g/mol. The normalized spacial score (nSPS) is 11.1. The Kier molecular flexibility index (Phi) is 8.95. The Balaban J connectivity index is 1.57. The highest BCUT2D eigenvalue weighted by Gasteiger charge is 2.07. The molecule has 0 saturated carbocycles. The van der Waals surface area contributed by atoms with Gasteiger partial charge < -0.3 is 0 Å². The molecule has 2 heteroatoms. The van der Waals surface area contributed by atoms with Crippen LogP contribution >= 0.6 is 11.3 Å².